The van der Waals surface area contributed by atoms with E-state index in [1.54, 1.807) is 0 Å². The summed E-state index contributed by atoms with van der Waals surface area (Å²) in [6.45, 7) is 4.89. The average Bonchev–Trinajstić information content (AvgIpc) is 2.57. The Balaban J connectivity index is 1.94. The summed E-state index contributed by atoms with van der Waals surface area (Å²) in [5.41, 5.74) is 0. The van der Waals surface area contributed by atoms with Crippen LogP contribution in [0.2, 0.25) is 0 Å². The van der Waals surface area contributed by atoms with Crippen molar-refractivity contribution in [3.8, 4) is 0 Å². The highest BCUT2D eigenvalue weighted by atomic mass is 15.1. The van der Waals surface area contributed by atoms with Gasteiger partial charge in [0.2, 0.25) is 0 Å². The van der Waals surface area contributed by atoms with Gasteiger partial charge in [-0.3, -0.25) is 0 Å². The van der Waals surface area contributed by atoms with Gasteiger partial charge in [-0.05, 0) is 39.4 Å². The Labute approximate surface area is 75.6 Å². The van der Waals surface area contributed by atoms with E-state index < -0.39 is 0 Å². The molecule has 1 aliphatic rings. The summed E-state index contributed by atoms with van der Waals surface area (Å²) in [6.07, 6.45) is 8.49. The topological polar surface area (TPSA) is 15.3 Å². The molecule has 1 fully saturated rings. The summed E-state index contributed by atoms with van der Waals surface area (Å²) >= 11 is 0. The number of likely N-dealkylation sites (N-methyl/N-ethyl adjacent to an activating group) is 1. The highest BCUT2D eigenvalue weighted by Gasteiger charge is 2.08. The van der Waals surface area contributed by atoms with E-state index in [1.165, 1.54) is 38.9 Å². The molecule has 1 rings (SSSR count). The molecular formula is C10H20N2. The van der Waals surface area contributed by atoms with Crippen LogP contribution < -0.4 is 5.32 Å². The minimum Gasteiger partial charge on any atom is -0.316 e. The number of nitrogens with one attached hydrogen (secondary N) is 1. The molecule has 2 heteroatoms. The summed E-state index contributed by atoms with van der Waals surface area (Å²) in [4.78, 5) is 2.55. The molecule has 0 aliphatic carbocycles. The van der Waals surface area contributed by atoms with Gasteiger partial charge in [-0.2, -0.15) is 0 Å². The van der Waals surface area contributed by atoms with Crippen molar-refractivity contribution in [1.29, 1.82) is 0 Å². The van der Waals surface area contributed by atoms with Gasteiger partial charge < -0.3 is 10.2 Å². The molecule has 1 N–H and O–H groups in total. The van der Waals surface area contributed by atoms with Gasteiger partial charge in [0.1, 0.15) is 0 Å². The van der Waals surface area contributed by atoms with Crippen LogP contribution in [0.15, 0.2) is 12.2 Å². The SMILES string of the molecule is CNC/C=C\CCN1CCCC1. The highest BCUT2D eigenvalue weighted by molar-refractivity contribution is 4.84. The Bertz CT molecular complexity index is 126. The van der Waals surface area contributed by atoms with Crippen LogP contribution in [0.1, 0.15) is 19.3 Å². The van der Waals surface area contributed by atoms with Crippen LogP contribution in [0.5, 0.6) is 0 Å². The third-order valence-electron chi connectivity index (χ3n) is 2.30. The van der Waals surface area contributed by atoms with Gasteiger partial charge in [-0.25, -0.2) is 0 Å². The van der Waals surface area contributed by atoms with Gasteiger partial charge in [0.25, 0.3) is 0 Å². The third-order valence-corrected chi connectivity index (χ3v) is 2.30. The summed E-state index contributed by atoms with van der Waals surface area (Å²) in [6, 6.07) is 0. The van der Waals surface area contributed by atoms with E-state index in [0.29, 0.717) is 0 Å². The molecule has 2 nitrogen and oxygen atoms in total. The van der Waals surface area contributed by atoms with Crippen molar-refractivity contribution >= 4 is 0 Å². The van der Waals surface area contributed by atoms with Crippen LogP contribution in [-0.2, 0) is 0 Å². The Morgan fingerprint density at radius 2 is 2.00 bits per heavy atom. The molecule has 0 bridgehead atoms. The first-order valence-corrected chi connectivity index (χ1v) is 4.95. The van der Waals surface area contributed by atoms with Crippen LogP contribution in [0.3, 0.4) is 0 Å². The number of nitrogens with zero attached hydrogens (tertiary/aromatic N) is 1. The van der Waals surface area contributed by atoms with Crippen LogP contribution in [0.25, 0.3) is 0 Å². The molecule has 0 atom stereocenters. The quantitative estimate of drug-likeness (QED) is 0.621. The van der Waals surface area contributed by atoms with Crippen molar-refractivity contribution < 1.29 is 0 Å². The van der Waals surface area contributed by atoms with Crippen molar-refractivity contribution in [1.82, 2.24) is 10.2 Å². The van der Waals surface area contributed by atoms with E-state index >= 15 is 0 Å². The summed E-state index contributed by atoms with van der Waals surface area (Å²) in [5.74, 6) is 0. The molecular weight excluding hydrogens is 148 g/mol. The Morgan fingerprint density at radius 1 is 1.25 bits per heavy atom. The molecule has 0 aromatic heterocycles. The number of rotatable bonds is 5. The largest absolute Gasteiger partial charge is 0.316 e. The zero-order valence-corrected chi connectivity index (χ0v) is 8.05. The lowest BCUT2D eigenvalue weighted by Gasteiger charge is -2.11. The lowest BCUT2D eigenvalue weighted by atomic mass is 10.3. The number of likely N-dealkylation sites (tertiary alicyclic amines) is 1. The molecule has 0 aromatic carbocycles. The first-order chi connectivity index (χ1) is 5.93. The van der Waals surface area contributed by atoms with Crippen molar-refractivity contribution in [2.45, 2.75) is 19.3 Å². The van der Waals surface area contributed by atoms with Gasteiger partial charge in [0.15, 0.2) is 0 Å². The van der Waals surface area contributed by atoms with E-state index in [1.807, 2.05) is 7.05 Å². The molecule has 70 valence electrons. The predicted molar refractivity (Wildman–Crippen MR) is 53.4 cm³/mol. The van der Waals surface area contributed by atoms with E-state index in [-0.39, 0.29) is 0 Å². The van der Waals surface area contributed by atoms with Gasteiger partial charge >= 0.3 is 0 Å². The average molecular weight is 168 g/mol. The first kappa shape index (κ1) is 9.75. The maximum Gasteiger partial charge on any atom is 0.0131 e. The van der Waals surface area contributed by atoms with Gasteiger partial charge in [0.05, 0.1) is 0 Å². The number of hydrogen-bond acceptors (Lipinski definition) is 2. The van der Waals surface area contributed by atoms with Crippen molar-refractivity contribution in [2.75, 3.05) is 33.2 Å². The minimum absolute atomic E-state index is 1.00. The smallest absolute Gasteiger partial charge is 0.0131 e. The second-order valence-corrected chi connectivity index (χ2v) is 3.37. The fourth-order valence-electron chi connectivity index (χ4n) is 1.58. The normalized spacial score (nSPS) is 19.4. The lowest BCUT2D eigenvalue weighted by Crippen LogP contribution is -2.19. The molecule has 0 spiro atoms. The summed E-state index contributed by atoms with van der Waals surface area (Å²) < 4.78 is 0. The standard InChI is InChI=1S/C10H20N2/c1-11-7-3-2-4-8-12-9-5-6-10-12/h2-3,11H,4-10H2,1H3/b3-2-. The van der Waals surface area contributed by atoms with Crippen LogP contribution in [-0.4, -0.2) is 38.1 Å². The maximum absolute atomic E-state index is 3.10. The highest BCUT2D eigenvalue weighted by Crippen LogP contribution is 2.07. The van der Waals surface area contributed by atoms with E-state index in [2.05, 4.69) is 22.4 Å². The van der Waals surface area contributed by atoms with Gasteiger partial charge in [-0.1, -0.05) is 12.2 Å². The van der Waals surface area contributed by atoms with E-state index in [0.717, 1.165) is 6.54 Å². The zero-order chi connectivity index (χ0) is 8.65. The Kier molecular flexibility index (Phi) is 5.04. The molecule has 1 saturated heterocycles. The molecule has 1 heterocycles. The first-order valence-electron chi connectivity index (χ1n) is 4.95. The Hall–Kier alpha value is -0.340. The molecule has 0 aromatic rings. The minimum atomic E-state index is 1.00. The van der Waals surface area contributed by atoms with E-state index in [9.17, 15) is 0 Å². The van der Waals surface area contributed by atoms with Crippen molar-refractivity contribution in [2.24, 2.45) is 0 Å². The molecule has 0 amide bonds. The zero-order valence-electron chi connectivity index (χ0n) is 8.05. The maximum atomic E-state index is 3.10. The van der Waals surface area contributed by atoms with Gasteiger partial charge in [-0.15, -0.1) is 0 Å². The van der Waals surface area contributed by atoms with Crippen molar-refractivity contribution in [3.63, 3.8) is 0 Å². The van der Waals surface area contributed by atoms with E-state index in [4.69, 9.17) is 0 Å². The van der Waals surface area contributed by atoms with Crippen LogP contribution >= 0.6 is 0 Å². The summed E-state index contributed by atoms with van der Waals surface area (Å²) in [5, 5.41) is 3.10. The van der Waals surface area contributed by atoms with Crippen molar-refractivity contribution in [3.05, 3.63) is 12.2 Å². The summed E-state index contributed by atoms with van der Waals surface area (Å²) in [7, 11) is 1.98. The molecule has 12 heavy (non-hydrogen) atoms. The molecule has 0 radical (unpaired) electrons. The molecule has 1 aliphatic heterocycles. The fraction of sp³-hybridized carbons (Fsp3) is 0.800. The fourth-order valence-corrected chi connectivity index (χ4v) is 1.58. The van der Waals surface area contributed by atoms with Crippen LogP contribution in [0.4, 0.5) is 0 Å². The number of hydrogen-bond donors (Lipinski definition) is 1. The monoisotopic (exact) mass is 168 g/mol. The molecule has 0 saturated carbocycles. The van der Waals surface area contributed by atoms with Crippen LogP contribution in [0, 0.1) is 0 Å². The second-order valence-electron chi connectivity index (χ2n) is 3.37. The lowest BCUT2D eigenvalue weighted by molar-refractivity contribution is 0.346. The third kappa shape index (κ3) is 3.88. The van der Waals surface area contributed by atoms with Gasteiger partial charge in [0, 0.05) is 13.1 Å². The predicted octanol–water partition coefficient (Wildman–Crippen LogP) is 1.25. The molecule has 0 unspecified atom stereocenters. The Morgan fingerprint density at radius 3 is 2.67 bits per heavy atom. The second kappa shape index (κ2) is 6.21.